The minimum Gasteiger partial charge on any atom is -0.480 e. The first kappa shape index (κ1) is 13.8. The predicted molar refractivity (Wildman–Crippen MR) is 63.9 cm³/mol. The van der Waals surface area contributed by atoms with Crippen LogP contribution in [0.5, 0.6) is 0 Å². The molecule has 1 saturated heterocycles. The van der Waals surface area contributed by atoms with Crippen molar-refractivity contribution in [3.63, 3.8) is 0 Å². The smallest absolute Gasteiger partial charge is 0.326 e. The number of amides is 2. The average molecular weight is 243 g/mol. The third-order valence-corrected chi connectivity index (χ3v) is 3.05. The molecule has 0 saturated carbocycles. The molecular weight excluding hydrogens is 222 g/mol. The summed E-state index contributed by atoms with van der Waals surface area (Å²) in [7, 11) is 2.05. The summed E-state index contributed by atoms with van der Waals surface area (Å²) >= 11 is 0. The lowest BCUT2D eigenvalue weighted by Gasteiger charge is -2.15. The van der Waals surface area contributed by atoms with Crippen LogP contribution >= 0.6 is 0 Å². The van der Waals surface area contributed by atoms with Gasteiger partial charge in [0, 0.05) is 13.1 Å². The Balaban J connectivity index is 2.23. The monoisotopic (exact) mass is 243 g/mol. The molecule has 1 fully saturated rings. The lowest BCUT2D eigenvalue weighted by Crippen LogP contribution is -2.46. The number of nitrogens with one attached hydrogen (secondary N) is 2. The molecule has 1 aliphatic heterocycles. The van der Waals surface area contributed by atoms with E-state index in [1.54, 1.807) is 6.92 Å². The van der Waals surface area contributed by atoms with Crippen LogP contribution in [0.25, 0.3) is 0 Å². The Labute approximate surface area is 101 Å². The first-order valence-electron chi connectivity index (χ1n) is 5.98. The number of rotatable bonds is 5. The molecular formula is C11H21N3O3. The number of carboxylic acid groups (broad SMARTS) is 1. The zero-order valence-corrected chi connectivity index (χ0v) is 10.4. The van der Waals surface area contributed by atoms with Crippen molar-refractivity contribution < 1.29 is 14.7 Å². The molecule has 1 unspecified atom stereocenters. The molecule has 2 amide bonds. The highest BCUT2D eigenvalue weighted by Crippen LogP contribution is 2.12. The Hall–Kier alpha value is -1.30. The summed E-state index contributed by atoms with van der Waals surface area (Å²) in [6.07, 6.45) is 1.46. The summed E-state index contributed by atoms with van der Waals surface area (Å²) in [5.41, 5.74) is 0. The Morgan fingerprint density at radius 3 is 2.71 bits per heavy atom. The van der Waals surface area contributed by atoms with E-state index < -0.39 is 18.0 Å². The summed E-state index contributed by atoms with van der Waals surface area (Å²) in [5, 5.41) is 14.0. The topological polar surface area (TPSA) is 81.7 Å². The summed E-state index contributed by atoms with van der Waals surface area (Å²) in [6.45, 7) is 4.37. The number of likely N-dealkylation sites (tertiary alicyclic amines) is 1. The Bertz CT molecular complexity index is 283. The van der Waals surface area contributed by atoms with Crippen LogP contribution in [-0.4, -0.2) is 54.7 Å². The average Bonchev–Trinajstić information content (AvgIpc) is 2.68. The molecule has 6 heteroatoms. The van der Waals surface area contributed by atoms with Crippen LogP contribution in [0, 0.1) is 5.92 Å². The van der Waals surface area contributed by atoms with Crippen molar-refractivity contribution in [2.24, 2.45) is 5.92 Å². The second-order valence-corrected chi connectivity index (χ2v) is 4.57. The summed E-state index contributed by atoms with van der Waals surface area (Å²) in [6, 6.07) is -1.20. The van der Waals surface area contributed by atoms with Crippen molar-refractivity contribution in [3.05, 3.63) is 0 Å². The van der Waals surface area contributed by atoms with Crippen molar-refractivity contribution in [3.8, 4) is 0 Å². The number of carbonyl (C=O) groups is 2. The van der Waals surface area contributed by atoms with Crippen LogP contribution in [-0.2, 0) is 4.79 Å². The van der Waals surface area contributed by atoms with E-state index in [9.17, 15) is 9.59 Å². The van der Waals surface area contributed by atoms with E-state index in [0.29, 0.717) is 18.9 Å². The second kappa shape index (κ2) is 6.44. The van der Waals surface area contributed by atoms with Gasteiger partial charge < -0.3 is 20.6 Å². The molecule has 0 bridgehead atoms. The number of carboxylic acids is 1. The Kier molecular flexibility index (Phi) is 5.21. The van der Waals surface area contributed by atoms with Crippen molar-refractivity contribution in [1.82, 2.24) is 15.5 Å². The van der Waals surface area contributed by atoms with Crippen LogP contribution in [0.4, 0.5) is 4.79 Å². The Morgan fingerprint density at radius 2 is 2.24 bits per heavy atom. The molecule has 17 heavy (non-hydrogen) atoms. The van der Waals surface area contributed by atoms with Gasteiger partial charge >= 0.3 is 12.0 Å². The molecule has 0 spiro atoms. The third-order valence-electron chi connectivity index (χ3n) is 3.05. The van der Waals surface area contributed by atoms with Gasteiger partial charge in [-0.1, -0.05) is 6.92 Å². The fourth-order valence-electron chi connectivity index (χ4n) is 1.98. The number of hydrogen-bond donors (Lipinski definition) is 3. The second-order valence-electron chi connectivity index (χ2n) is 4.57. The number of nitrogens with zero attached hydrogens (tertiary/aromatic N) is 1. The van der Waals surface area contributed by atoms with Crippen molar-refractivity contribution in [2.75, 3.05) is 26.7 Å². The molecule has 6 nitrogen and oxygen atoms in total. The van der Waals surface area contributed by atoms with Crippen molar-refractivity contribution >= 4 is 12.0 Å². The van der Waals surface area contributed by atoms with Gasteiger partial charge in [-0.25, -0.2) is 9.59 Å². The first-order valence-corrected chi connectivity index (χ1v) is 5.98. The van der Waals surface area contributed by atoms with E-state index in [4.69, 9.17) is 5.11 Å². The van der Waals surface area contributed by atoms with Gasteiger partial charge in [0.1, 0.15) is 6.04 Å². The summed E-state index contributed by atoms with van der Waals surface area (Å²) < 4.78 is 0. The van der Waals surface area contributed by atoms with Gasteiger partial charge in [0.25, 0.3) is 0 Å². The molecule has 3 N–H and O–H groups in total. The summed E-state index contributed by atoms with van der Waals surface area (Å²) in [5.74, 6) is -0.529. The normalized spacial score (nSPS) is 22.1. The maximum absolute atomic E-state index is 11.5. The minimum atomic E-state index is -0.997. The maximum Gasteiger partial charge on any atom is 0.326 e. The van der Waals surface area contributed by atoms with Gasteiger partial charge in [-0.2, -0.15) is 0 Å². The van der Waals surface area contributed by atoms with Crippen LogP contribution in [0.3, 0.4) is 0 Å². The number of aliphatic carboxylic acids is 1. The van der Waals surface area contributed by atoms with E-state index >= 15 is 0 Å². The lowest BCUT2D eigenvalue weighted by molar-refractivity contribution is -0.139. The van der Waals surface area contributed by atoms with E-state index in [-0.39, 0.29) is 0 Å². The molecule has 0 aromatic rings. The van der Waals surface area contributed by atoms with E-state index in [1.807, 2.05) is 0 Å². The standard InChI is InChI=1S/C11H21N3O3/c1-3-9(10(15)16)13-11(17)12-6-8-4-5-14(2)7-8/h8-9H,3-7H2,1-2H3,(H,15,16)(H2,12,13,17)/t8?,9-/m0/s1. The zero-order valence-electron chi connectivity index (χ0n) is 10.4. The van der Waals surface area contributed by atoms with Crippen molar-refractivity contribution in [2.45, 2.75) is 25.8 Å². The molecule has 2 atom stereocenters. The number of carbonyl (C=O) groups excluding carboxylic acids is 1. The molecule has 98 valence electrons. The highest BCUT2D eigenvalue weighted by atomic mass is 16.4. The molecule has 0 aromatic carbocycles. The largest absolute Gasteiger partial charge is 0.480 e. The summed E-state index contributed by atoms with van der Waals surface area (Å²) in [4.78, 5) is 24.4. The van der Waals surface area contributed by atoms with Crippen LogP contribution in [0.1, 0.15) is 19.8 Å². The molecule has 1 heterocycles. The van der Waals surface area contributed by atoms with Gasteiger partial charge in [-0.3, -0.25) is 0 Å². The third kappa shape index (κ3) is 4.60. The van der Waals surface area contributed by atoms with Crippen LogP contribution in [0.2, 0.25) is 0 Å². The van der Waals surface area contributed by atoms with Gasteiger partial charge in [0.15, 0.2) is 0 Å². The van der Waals surface area contributed by atoms with Crippen molar-refractivity contribution in [1.29, 1.82) is 0 Å². The minimum absolute atomic E-state index is 0.384. The molecule has 1 aliphatic rings. The van der Waals surface area contributed by atoms with Gasteiger partial charge in [0.05, 0.1) is 0 Å². The predicted octanol–water partition coefficient (Wildman–Crippen LogP) is 0.101. The highest BCUT2D eigenvalue weighted by Gasteiger charge is 2.21. The van der Waals surface area contributed by atoms with E-state index in [0.717, 1.165) is 19.5 Å². The lowest BCUT2D eigenvalue weighted by atomic mass is 10.1. The molecule has 0 radical (unpaired) electrons. The zero-order chi connectivity index (χ0) is 12.8. The quantitative estimate of drug-likeness (QED) is 0.639. The van der Waals surface area contributed by atoms with Gasteiger partial charge in [-0.05, 0) is 32.4 Å². The SMILES string of the molecule is CC[C@H](NC(=O)NCC1CCN(C)C1)C(=O)O. The molecule has 0 aromatic heterocycles. The van der Waals surface area contributed by atoms with E-state index in [1.165, 1.54) is 0 Å². The fraction of sp³-hybridized carbons (Fsp3) is 0.818. The number of urea groups is 1. The van der Waals surface area contributed by atoms with Crippen LogP contribution < -0.4 is 10.6 Å². The van der Waals surface area contributed by atoms with Gasteiger partial charge in [-0.15, -0.1) is 0 Å². The molecule has 0 aliphatic carbocycles. The van der Waals surface area contributed by atoms with E-state index in [2.05, 4.69) is 22.6 Å². The maximum atomic E-state index is 11.5. The van der Waals surface area contributed by atoms with Gasteiger partial charge in [0.2, 0.25) is 0 Å². The Morgan fingerprint density at radius 1 is 1.53 bits per heavy atom. The van der Waals surface area contributed by atoms with Crippen LogP contribution in [0.15, 0.2) is 0 Å². The molecule has 1 rings (SSSR count). The number of hydrogen-bond acceptors (Lipinski definition) is 3. The fourth-order valence-corrected chi connectivity index (χ4v) is 1.98. The highest BCUT2D eigenvalue weighted by molar-refractivity contribution is 5.82. The first-order chi connectivity index (χ1) is 8.02.